The fraction of sp³-hybridized carbons (Fsp3) is 0.222. The number of nitrogens with zero attached hydrogens (tertiary/aromatic N) is 1. The zero-order valence-electron chi connectivity index (χ0n) is 6.74. The normalized spacial score (nSPS) is 17.6. The second kappa shape index (κ2) is 2.52. The molecule has 12 heavy (non-hydrogen) atoms. The molecule has 1 aromatic rings. The first-order chi connectivity index (χ1) is 5.81. The third-order valence-corrected chi connectivity index (χ3v) is 1.93. The summed E-state index contributed by atoms with van der Waals surface area (Å²) in [4.78, 5) is 0. The van der Waals surface area contributed by atoms with Crippen LogP contribution in [0.2, 0.25) is 0 Å². The van der Waals surface area contributed by atoms with Crippen LogP contribution in [0.3, 0.4) is 0 Å². The van der Waals surface area contributed by atoms with Gasteiger partial charge >= 0.3 is 0 Å². The van der Waals surface area contributed by atoms with Gasteiger partial charge in [-0.15, -0.1) is 0 Å². The molecule has 3 heteroatoms. The summed E-state index contributed by atoms with van der Waals surface area (Å²) >= 11 is 0. The lowest BCUT2D eigenvalue weighted by Crippen LogP contribution is -2.01. The minimum atomic E-state index is 0.370. The van der Waals surface area contributed by atoms with Crippen molar-refractivity contribution in [3.8, 4) is 5.75 Å². The summed E-state index contributed by atoms with van der Waals surface area (Å²) in [5.74, 6) is 0.799. The molecule has 1 aliphatic heterocycles. The van der Waals surface area contributed by atoms with E-state index >= 15 is 0 Å². The molecule has 3 nitrogen and oxygen atoms in total. The molecule has 1 aliphatic rings. The van der Waals surface area contributed by atoms with Gasteiger partial charge in [-0.2, -0.15) is 0 Å². The predicted molar refractivity (Wildman–Crippen MR) is 45.0 cm³/mol. The first-order valence-electron chi connectivity index (χ1n) is 3.76. The van der Waals surface area contributed by atoms with Crippen LogP contribution in [0.1, 0.15) is 11.1 Å². The van der Waals surface area contributed by atoms with E-state index in [9.17, 15) is 0 Å². The molecular formula is C9H9NO2. The Morgan fingerprint density at radius 3 is 3.08 bits per heavy atom. The Bertz CT molecular complexity index is 344. The molecular weight excluding hydrogens is 154 g/mol. The van der Waals surface area contributed by atoms with Gasteiger partial charge in [0.2, 0.25) is 0 Å². The van der Waals surface area contributed by atoms with Crippen molar-refractivity contribution >= 4 is 5.71 Å². The Morgan fingerprint density at radius 1 is 1.50 bits per heavy atom. The molecule has 1 N–H and O–H groups in total. The highest BCUT2D eigenvalue weighted by Gasteiger charge is 2.19. The van der Waals surface area contributed by atoms with Gasteiger partial charge in [-0.1, -0.05) is 16.8 Å². The van der Waals surface area contributed by atoms with Gasteiger partial charge < -0.3 is 9.94 Å². The van der Waals surface area contributed by atoms with E-state index in [2.05, 4.69) is 5.16 Å². The topological polar surface area (TPSA) is 41.8 Å². The summed E-state index contributed by atoms with van der Waals surface area (Å²) in [7, 11) is 0. The van der Waals surface area contributed by atoms with Gasteiger partial charge in [0.15, 0.2) is 0 Å². The van der Waals surface area contributed by atoms with E-state index in [0.29, 0.717) is 12.3 Å². The van der Waals surface area contributed by atoms with Crippen molar-refractivity contribution in [1.29, 1.82) is 0 Å². The second-order valence-corrected chi connectivity index (χ2v) is 2.83. The zero-order valence-corrected chi connectivity index (χ0v) is 6.74. The first kappa shape index (κ1) is 7.16. The highest BCUT2D eigenvalue weighted by molar-refractivity contribution is 6.05. The molecule has 0 saturated heterocycles. The number of ether oxygens (including phenoxy) is 1. The Morgan fingerprint density at radius 2 is 2.33 bits per heavy atom. The van der Waals surface area contributed by atoms with E-state index in [4.69, 9.17) is 9.94 Å². The van der Waals surface area contributed by atoms with Crippen molar-refractivity contribution in [2.24, 2.45) is 5.16 Å². The number of benzene rings is 1. The fourth-order valence-electron chi connectivity index (χ4n) is 1.30. The molecule has 0 unspecified atom stereocenters. The number of hydrogen-bond acceptors (Lipinski definition) is 3. The molecule has 0 aliphatic carbocycles. The van der Waals surface area contributed by atoms with E-state index in [-0.39, 0.29) is 0 Å². The minimum absolute atomic E-state index is 0.370. The molecule has 0 spiro atoms. The average Bonchev–Trinajstić information content (AvgIpc) is 2.46. The zero-order chi connectivity index (χ0) is 8.55. The van der Waals surface area contributed by atoms with Gasteiger partial charge in [0.1, 0.15) is 18.1 Å². The minimum Gasteiger partial charge on any atom is -0.486 e. The Hall–Kier alpha value is -1.51. The predicted octanol–water partition coefficient (Wildman–Crippen LogP) is 1.57. The van der Waals surface area contributed by atoms with Crippen LogP contribution in [0.15, 0.2) is 23.4 Å². The SMILES string of the molecule is Cc1ccc2c(c1)/C(=N/O)CO2. The first-order valence-corrected chi connectivity index (χ1v) is 3.76. The number of hydrogen-bond donors (Lipinski definition) is 1. The van der Waals surface area contributed by atoms with Gasteiger partial charge in [0.25, 0.3) is 0 Å². The van der Waals surface area contributed by atoms with Gasteiger partial charge in [0, 0.05) is 5.56 Å². The quantitative estimate of drug-likeness (QED) is 0.466. The van der Waals surface area contributed by atoms with Crippen LogP contribution in [-0.4, -0.2) is 17.5 Å². The summed E-state index contributed by atoms with van der Waals surface area (Å²) in [5.41, 5.74) is 2.65. The molecule has 0 saturated carbocycles. The van der Waals surface area contributed by atoms with Gasteiger partial charge in [-0.3, -0.25) is 0 Å². The third-order valence-electron chi connectivity index (χ3n) is 1.93. The highest BCUT2D eigenvalue weighted by Crippen LogP contribution is 2.25. The lowest BCUT2D eigenvalue weighted by atomic mass is 10.1. The van der Waals surface area contributed by atoms with Crippen molar-refractivity contribution in [3.63, 3.8) is 0 Å². The molecule has 0 aromatic heterocycles. The maximum Gasteiger partial charge on any atom is 0.134 e. The van der Waals surface area contributed by atoms with Crippen molar-refractivity contribution in [2.45, 2.75) is 6.92 Å². The maximum atomic E-state index is 8.61. The molecule has 0 amide bonds. The van der Waals surface area contributed by atoms with Crippen LogP contribution in [-0.2, 0) is 0 Å². The Balaban J connectivity index is 2.57. The molecule has 0 radical (unpaired) electrons. The van der Waals surface area contributed by atoms with E-state index < -0.39 is 0 Å². The van der Waals surface area contributed by atoms with Crippen molar-refractivity contribution in [3.05, 3.63) is 29.3 Å². The Labute approximate surface area is 70.3 Å². The highest BCUT2D eigenvalue weighted by atomic mass is 16.5. The van der Waals surface area contributed by atoms with Crippen molar-refractivity contribution < 1.29 is 9.94 Å². The van der Waals surface area contributed by atoms with Crippen LogP contribution in [0, 0.1) is 6.92 Å². The van der Waals surface area contributed by atoms with E-state index in [0.717, 1.165) is 16.9 Å². The summed E-state index contributed by atoms with van der Waals surface area (Å²) < 4.78 is 5.27. The molecule has 62 valence electrons. The van der Waals surface area contributed by atoms with Crippen LogP contribution < -0.4 is 4.74 Å². The molecule has 2 rings (SSSR count). The van der Waals surface area contributed by atoms with Gasteiger partial charge in [-0.25, -0.2) is 0 Å². The number of aryl methyl sites for hydroxylation is 1. The molecule has 0 bridgehead atoms. The lowest BCUT2D eigenvalue weighted by molar-refractivity contribution is 0.313. The number of fused-ring (bicyclic) bond motifs is 1. The van der Waals surface area contributed by atoms with Crippen LogP contribution in [0.4, 0.5) is 0 Å². The summed E-state index contributed by atoms with van der Waals surface area (Å²) in [5, 5.41) is 11.8. The number of rotatable bonds is 0. The molecule has 1 heterocycles. The van der Waals surface area contributed by atoms with Gasteiger partial charge in [-0.05, 0) is 19.1 Å². The summed E-state index contributed by atoms with van der Waals surface area (Å²) in [6, 6.07) is 5.82. The van der Waals surface area contributed by atoms with E-state index in [1.807, 2.05) is 25.1 Å². The summed E-state index contributed by atoms with van der Waals surface area (Å²) in [6.45, 7) is 2.36. The average molecular weight is 163 g/mol. The molecule has 1 aromatic carbocycles. The monoisotopic (exact) mass is 163 g/mol. The van der Waals surface area contributed by atoms with Crippen molar-refractivity contribution in [2.75, 3.05) is 6.61 Å². The van der Waals surface area contributed by atoms with Crippen LogP contribution >= 0.6 is 0 Å². The van der Waals surface area contributed by atoms with Crippen molar-refractivity contribution in [1.82, 2.24) is 0 Å². The summed E-state index contributed by atoms with van der Waals surface area (Å²) in [6.07, 6.45) is 0. The smallest absolute Gasteiger partial charge is 0.134 e. The fourth-order valence-corrected chi connectivity index (χ4v) is 1.30. The molecule has 0 fully saturated rings. The van der Waals surface area contributed by atoms with E-state index in [1.54, 1.807) is 0 Å². The third kappa shape index (κ3) is 0.942. The lowest BCUT2D eigenvalue weighted by Gasteiger charge is -1.97. The second-order valence-electron chi connectivity index (χ2n) is 2.83. The van der Waals surface area contributed by atoms with E-state index in [1.165, 1.54) is 0 Å². The maximum absolute atomic E-state index is 8.61. The standard InChI is InChI=1S/C9H9NO2/c1-6-2-3-9-7(4-6)8(10-11)5-12-9/h2-4,11H,5H2,1H3/b10-8+. The molecule has 0 atom stereocenters. The van der Waals surface area contributed by atoms with Crippen LogP contribution in [0.5, 0.6) is 5.75 Å². The Kier molecular flexibility index (Phi) is 1.50. The number of oxime groups is 1. The van der Waals surface area contributed by atoms with Crippen LogP contribution in [0.25, 0.3) is 0 Å². The largest absolute Gasteiger partial charge is 0.486 e. The van der Waals surface area contributed by atoms with Gasteiger partial charge in [0.05, 0.1) is 0 Å².